The van der Waals surface area contributed by atoms with Crippen LogP contribution in [0.5, 0.6) is 5.75 Å². The monoisotopic (exact) mass is 405 g/mol. The van der Waals surface area contributed by atoms with Crippen LogP contribution in [0.3, 0.4) is 0 Å². The smallest absolute Gasteiger partial charge is 0.223 e. The van der Waals surface area contributed by atoms with Gasteiger partial charge in [0.15, 0.2) is 0 Å². The van der Waals surface area contributed by atoms with Gasteiger partial charge in [0.1, 0.15) is 11.6 Å². The first kappa shape index (κ1) is 20.5. The van der Waals surface area contributed by atoms with Crippen molar-refractivity contribution in [1.82, 2.24) is 14.9 Å². The molecule has 2 aromatic carbocycles. The van der Waals surface area contributed by atoms with Gasteiger partial charge in [-0.15, -0.1) is 0 Å². The highest BCUT2D eigenvalue weighted by atomic mass is 16.5. The Bertz CT molecular complexity index is 1040. The largest absolute Gasteiger partial charge is 0.493 e. The lowest BCUT2D eigenvalue weighted by molar-refractivity contribution is -0.123. The maximum Gasteiger partial charge on any atom is 0.223 e. The van der Waals surface area contributed by atoms with Gasteiger partial charge >= 0.3 is 0 Å². The van der Waals surface area contributed by atoms with E-state index in [-0.39, 0.29) is 17.9 Å². The van der Waals surface area contributed by atoms with Crippen LogP contribution in [0.25, 0.3) is 11.0 Å². The molecule has 3 aromatic rings. The number of carbonyl (C=O) groups is 1. The average molecular weight is 406 g/mol. The minimum Gasteiger partial charge on any atom is -0.493 e. The number of amides is 1. The molecule has 0 saturated heterocycles. The number of unbranched alkanes of at least 4 members (excludes halogenated alkanes) is 1. The zero-order valence-electron chi connectivity index (χ0n) is 18.1. The molecule has 1 fully saturated rings. The van der Waals surface area contributed by atoms with Crippen LogP contribution in [0.15, 0.2) is 42.5 Å². The van der Waals surface area contributed by atoms with Crippen molar-refractivity contribution in [2.24, 2.45) is 5.92 Å². The van der Waals surface area contributed by atoms with Gasteiger partial charge in [-0.25, -0.2) is 4.98 Å². The van der Waals surface area contributed by atoms with Gasteiger partial charge in [-0.2, -0.15) is 0 Å². The number of hydrogen-bond acceptors (Lipinski definition) is 3. The number of imidazole rings is 1. The van der Waals surface area contributed by atoms with E-state index in [1.807, 2.05) is 25.1 Å². The van der Waals surface area contributed by atoms with E-state index in [0.717, 1.165) is 54.8 Å². The summed E-state index contributed by atoms with van der Waals surface area (Å²) in [6.45, 7) is 7.74. The van der Waals surface area contributed by atoms with Crippen molar-refractivity contribution >= 4 is 16.9 Å². The molecule has 1 saturated carbocycles. The molecule has 158 valence electrons. The third kappa shape index (κ3) is 4.66. The van der Waals surface area contributed by atoms with Gasteiger partial charge in [0.2, 0.25) is 5.91 Å². The van der Waals surface area contributed by atoms with Gasteiger partial charge in [0, 0.05) is 12.5 Å². The molecule has 1 N–H and O–H groups in total. The number of hydrogen-bond donors (Lipinski definition) is 1. The van der Waals surface area contributed by atoms with Crippen LogP contribution in [-0.4, -0.2) is 22.1 Å². The maximum atomic E-state index is 12.2. The molecule has 1 aliphatic carbocycles. The summed E-state index contributed by atoms with van der Waals surface area (Å²) in [7, 11) is 0. The molecule has 1 heterocycles. The minimum absolute atomic E-state index is 0.100. The van der Waals surface area contributed by atoms with E-state index < -0.39 is 0 Å². The number of fused-ring (bicyclic) bond motifs is 1. The summed E-state index contributed by atoms with van der Waals surface area (Å²) in [5.41, 5.74) is 4.48. The van der Waals surface area contributed by atoms with Gasteiger partial charge in [0.05, 0.1) is 23.7 Å². The highest BCUT2D eigenvalue weighted by Crippen LogP contribution is 2.30. The van der Waals surface area contributed by atoms with Crippen molar-refractivity contribution < 1.29 is 9.53 Å². The number of nitrogens with one attached hydrogen (secondary N) is 1. The quantitative estimate of drug-likeness (QED) is 0.504. The molecule has 4 rings (SSSR count). The summed E-state index contributed by atoms with van der Waals surface area (Å²) in [6, 6.07) is 14.4. The predicted molar refractivity (Wildman–Crippen MR) is 120 cm³/mol. The second kappa shape index (κ2) is 8.90. The Kier molecular flexibility index (Phi) is 6.07. The second-order valence-electron chi connectivity index (χ2n) is 8.44. The fourth-order valence-corrected chi connectivity index (χ4v) is 3.82. The standard InChI is InChI=1S/C25H31N3O2/c1-17-10-11-18(2)23(16-17)30-15-7-6-14-28-22-9-5-4-8-21(22)27-24(28)19(3)26-25(29)20-12-13-20/h4-5,8-11,16,19-20H,6-7,12-15H2,1-3H3,(H,26,29). The van der Waals surface area contributed by atoms with Crippen LogP contribution >= 0.6 is 0 Å². The predicted octanol–water partition coefficient (Wildman–Crippen LogP) is 5.10. The normalized spacial score (nSPS) is 14.6. The first-order valence-corrected chi connectivity index (χ1v) is 11.0. The van der Waals surface area contributed by atoms with Crippen LogP contribution in [-0.2, 0) is 11.3 Å². The zero-order chi connectivity index (χ0) is 21.1. The van der Waals surface area contributed by atoms with Crippen LogP contribution in [0, 0.1) is 19.8 Å². The number of carbonyl (C=O) groups excluding carboxylic acids is 1. The molecule has 0 bridgehead atoms. The molecule has 0 spiro atoms. The van der Waals surface area contributed by atoms with Gasteiger partial charge in [-0.3, -0.25) is 4.79 Å². The maximum absolute atomic E-state index is 12.2. The van der Waals surface area contributed by atoms with E-state index in [2.05, 4.69) is 48.0 Å². The van der Waals surface area contributed by atoms with E-state index >= 15 is 0 Å². The third-order valence-corrected chi connectivity index (χ3v) is 5.76. The molecular weight excluding hydrogens is 374 g/mol. The summed E-state index contributed by atoms with van der Waals surface area (Å²) >= 11 is 0. The van der Waals surface area contributed by atoms with Gasteiger partial charge in [0.25, 0.3) is 0 Å². The lowest BCUT2D eigenvalue weighted by Gasteiger charge is -2.16. The van der Waals surface area contributed by atoms with E-state index in [9.17, 15) is 4.79 Å². The second-order valence-corrected chi connectivity index (χ2v) is 8.44. The number of aryl methyl sites for hydroxylation is 3. The van der Waals surface area contributed by atoms with Crippen molar-refractivity contribution in [3.8, 4) is 5.75 Å². The first-order valence-electron chi connectivity index (χ1n) is 11.0. The summed E-state index contributed by atoms with van der Waals surface area (Å²) < 4.78 is 8.26. The van der Waals surface area contributed by atoms with E-state index in [1.165, 1.54) is 11.1 Å². The number of para-hydroxylation sites is 2. The number of rotatable bonds is 9. The molecule has 0 radical (unpaired) electrons. The van der Waals surface area contributed by atoms with Gasteiger partial charge in [-0.05, 0) is 75.8 Å². The Morgan fingerprint density at radius 3 is 2.80 bits per heavy atom. The van der Waals surface area contributed by atoms with Gasteiger partial charge < -0.3 is 14.6 Å². The number of nitrogens with zero attached hydrogens (tertiary/aromatic N) is 2. The van der Waals surface area contributed by atoms with Crippen molar-refractivity contribution in [1.29, 1.82) is 0 Å². The first-order chi connectivity index (χ1) is 14.5. The van der Waals surface area contributed by atoms with Crippen molar-refractivity contribution in [2.75, 3.05) is 6.61 Å². The number of benzene rings is 2. The highest BCUT2D eigenvalue weighted by Gasteiger charge is 2.31. The Morgan fingerprint density at radius 1 is 1.20 bits per heavy atom. The van der Waals surface area contributed by atoms with Crippen LogP contribution in [0.2, 0.25) is 0 Å². The summed E-state index contributed by atoms with van der Waals surface area (Å²) in [4.78, 5) is 17.1. The Labute approximate surface area is 178 Å². The van der Waals surface area contributed by atoms with Crippen LogP contribution < -0.4 is 10.1 Å². The number of ether oxygens (including phenoxy) is 1. The van der Waals surface area contributed by atoms with E-state index in [4.69, 9.17) is 9.72 Å². The lowest BCUT2D eigenvalue weighted by atomic mass is 10.1. The molecule has 30 heavy (non-hydrogen) atoms. The van der Waals surface area contributed by atoms with E-state index in [0.29, 0.717) is 6.61 Å². The molecule has 1 unspecified atom stereocenters. The molecule has 1 amide bonds. The number of aromatic nitrogens is 2. The molecular formula is C25H31N3O2. The fraction of sp³-hybridized carbons (Fsp3) is 0.440. The molecule has 1 atom stereocenters. The summed E-state index contributed by atoms with van der Waals surface area (Å²) in [5.74, 6) is 2.26. The SMILES string of the molecule is Cc1ccc(C)c(OCCCCn2c(C(C)NC(=O)C3CC3)nc3ccccc32)c1. The van der Waals surface area contributed by atoms with Gasteiger partial charge in [-0.1, -0.05) is 24.3 Å². The summed E-state index contributed by atoms with van der Waals surface area (Å²) in [6.07, 6.45) is 3.97. The van der Waals surface area contributed by atoms with E-state index in [1.54, 1.807) is 0 Å². The molecule has 1 aliphatic rings. The molecule has 5 nitrogen and oxygen atoms in total. The Hall–Kier alpha value is -2.82. The topological polar surface area (TPSA) is 56.1 Å². The fourth-order valence-electron chi connectivity index (χ4n) is 3.82. The average Bonchev–Trinajstić information content (AvgIpc) is 3.52. The Balaban J connectivity index is 1.39. The van der Waals surface area contributed by atoms with Crippen LogP contribution in [0.4, 0.5) is 0 Å². The minimum atomic E-state index is -0.100. The molecule has 1 aromatic heterocycles. The van der Waals surface area contributed by atoms with Crippen molar-refractivity contribution in [3.05, 3.63) is 59.4 Å². The van der Waals surface area contributed by atoms with Crippen molar-refractivity contribution in [2.45, 2.75) is 59.0 Å². The highest BCUT2D eigenvalue weighted by molar-refractivity contribution is 5.81. The third-order valence-electron chi connectivity index (χ3n) is 5.76. The summed E-state index contributed by atoms with van der Waals surface area (Å²) in [5, 5.41) is 3.15. The van der Waals surface area contributed by atoms with Crippen molar-refractivity contribution in [3.63, 3.8) is 0 Å². The van der Waals surface area contributed by atoms with Crippen LogP contribution in [0.1, 0.15) is 55.6 Å². The Morgan fingerprint density at radius 2 is 2.00 bits per heavy atom. The molecule has 5 heteroatoms. The zero-order valence-corrected chi connectivity index (χ0v) is 18.1. The lowest BCUT2D eigenvalue weighted by Crippen LogP contribution is -2.29. The molecule has 0 aliphatic heterocycles.